The van der Waals surface area contributed by atoms with Crippen LogP contribution in [0.5, 0.6) is 0 Å². The zero-order valence-electron chi connectivity index (χ0n) is 11.7. The maximum atomic E-state index is 13.7. The highest BCUT2D eigenvalue weighted by molar-refractivity contribution is 5.21. The number of halogens is 2. The molecule has 20 heavy (non-hydrogen) atoms. The maximum absolute atomic E-state index is 13.7. The van der Waals surface area contributed by atoms with Crippen LogP contribution in [0.4, 0.5) is 8.78 Å². The Morgan fingerprint density at radius 3 is 2.45 bits per heavy atom. The fraction of sp³-hybridized carbons (Fsp3) is 0.294. The average Bonchev–Trinajstić information content (AvgIpc) is 2.38. The number of hydrogen-bond acceptors (Lipinski definition) is 1. The van der Waals surface area contributed by atoms with E-state index in [-0.39, 0.29) is 23.7 Å². The van der Waals surface area contributed by atoms with Gasteiger partial charge in [0.15, 0.2) is 0 Å². The van der Waals surface area contributed by atoms with Gasteiger partial charge in [0.1, 0.15) is 11.6 Å². The van der Waals surface area contributed by atoms with Crippen LogP contribution in [-0.2, 0) is 6.42 Å². The molecule has 0 spiro atoms. The SMILES string of the molecule is CC(Cc1cccc(F)c1)N[C@H](C)c1ccccc1F. The van der Waals surface area contributed by atoms with E-state index in [0.29, 0.717) is 12.0 Å². The van der Waals surface area contributed by atoms with Gasteiger partial charge < -0.3 is 5.32 Å². The Morgan fingerprint density at radius 2 is 1.75 bits per heavy atom. The third kappa shape index (κ3) is 3.87. The molecule has 0 aromatic heterocycles. The molecule has 0 saturated heterocycles. The Kier molecular flexibility index (Phi) is 4.85. The van der Waals surface area contributed by atoms with Crippen molar-refractivity contribution >= 4 is 0 Å². The lowest BCUT2D eigenvalue weighted by Crippen LogP contribution is -2.31. The van der Waals surface area contributed by atoms with Gasteiger partial charge in [0.05, 0.1) is 0 Å². The van der Waals surface area contributed by atoms with E-state index in [1.165, 1.54) is 18.2 Å². The molecule has 0 aliphatic carbocycles. The molecule has 1 unspecified atom stereocenters. The van der Waals surface area contributed by atoms with Gasteiger partial charge in [-0.05, 0) is 44.0 Å². The first kappa shape index (κ1) is 14.7. The summed E-state index contributed by atoms with van der Waals surface area (Å²) in [6.45, 7) is 3.95. The molecule has 1 N–H and O–H groups in total. The standard InChI is InChI=1S/C17H19F2N/c1-12(10-14-6-5-7-15(18)11-14)20-13(2)16-8-3-4-9-17(16)19/h3-9,11-13,20H,10H2,1-2H3/t12?,13-/m1/s1. The molecule has 0 bridgehead atoms. The topological polar surface area (TPSA) is 12.0 Å². The van der Waals surface area contributed by atoms with Crippen LogP contribution >= 0.6 is 0 Å². The van der Waals surface area contributed by atoms with Gasteiger partial charge in [-0.2, -0.15) is 0 Å². The Bertz CT molecular complexity index is 568. The van der Waals surface area contributed by atoms with Gasteiger partial charge >= 0.3 is 0 Å². The van der Waals surface area contributed by atoms with Crippen molar-refractivity contribution in [1.82, 2.24) is 5.32 Å². The van der Waals surface area contributed by atoms with Crippen molar-refractivity contribution in [3.05, 3.63) is 71.3 Å². The highest BCUT2D eigenvalue weighted by atomic mass is 19.1. The first-order valence-electron chi connectivity index (χ1n) is 6.81. The van der Waals surface area contributed by atoms with Crippen LogP contribution in [0.25, 0.3) is 0 Å². The van der Waals surface area contributed by atoms with Crippen LogP contribution in [0.3, 0.4) is 0 Å². The van der Waals surface area contributed by atoms with Gasteiger partial charge in [-0.15, -0.1) is 0 Å². The van der Waals surface area contributed by atoms with Gasteiger partial charge in [0, 0.05) is 17.6 Å². The number of benzene rings is 2. The molecule has 2 aromatic rings. The van der Waals surface area contributed by atoms with Crippen molar-refractivity contribution in [2.45, 2.75) is 32.4 Å². The second-order valence-electron chi connectivity index (χ2n) is 5.14. The largest absolute Gasteiger partial charge is 0.307 e. The summed E-state index contributed by atoms with van der Waals surface area (Å²) in [6, 6.07) is 13.4. The molecule has 0 heterocycles. The Balaban J connectivity index is 1.98. The quantitative estimate of drug-likeness (QED) is 0.860. The van der Waals surface area contributed by atoms with E-state index in [1.54, 1.807) is 18.2 Å². The van der Waals surface area contributed by atoms with Crippen LogP contribution in [-0.4, -0.2) is 6.04 Å². The van der Waals surface area contributed by atoms with E-state index in [4.69, 9.17) is 0 Å². The van der Waals surface area contributed by atoms with Gasteiger partial charge in [-0.1, -0.05) is 30.3 Å². The summed E-state index contributed by atoms with van der Waals surface area (Å²) in [7, 11) is 0. The zero-order chi connectivity index (χ0) is 14.5. The normalized spacial score (nSPS) is 14.0. The average molecular weight is 275 g/mol. The van der Waals surface area contributed by atoms with Crippen molar-refractivity contribution in [3.63, 3.8) is 0 Å². The maximum Gasteiger partial charge on any atom is 0.127 e. The Labute approximate surface area is 118 Å². The molecule has 0 radical (unpaired) electrons. The summed E-state index contributed by atoms with van der Waals surface area (Å²) in [5, 5.41) is 3.34. The van der Waals surface area contributed by atoms with Crippen molar-refractivity contribution in [2.75, 3.05) is 0 Å². The molecule has 3 heteroatoms. The third-order valence-corrected chi connectivity index (χ3v) is 3.34. The van der Waals surface area contributed by atoms with Gasteiger partial charge in [0.2, 0.25) is 0 Å². The summed E-state index contributed by atoms with van der Waals surface area (Å²) in [5.41, 5.74) is 1.59. The minimum absolute atomic E-state index is 0.0836. The minimum Gasteiger partial charge on any atom is -0.307 e. The summed E-state index contributed by atoms with van der Waals surface area (Å²) in [6.07, 6.45) is 0.705. The van der Waals surface area contributed by atoms with E-state index in [2.05, 4.69) is 5.32 Å². The Hall–Kier alpha value is -1.74. The van der Waals surface area contributed by atoms with Crippen molar-refractivity contribution in [2.24, 2.45) is 0 Å². The lowest BCUT2D eigenvalue weighted by atomic mass is 10.0. The molecule has 2 atom stereocenters. The highest BCUT2D eigenvalue weighted by Gasteiger charge is 2.13. The van der Waals surface area contributed by atoms with E-state index in [1.807, 2.05) is 26.0 Å². The summed E-state index contributed by atoms with van der Waals surface area (Å²) < 4.78 is 26.8. The van der Waals surface area contributed by atoms with Crippen LogP contribution < -0.4 is 5.32 Å². The molecule has 0 aliphatic heterocycles. The van der Waals surface area contributed by atoms with E-state index < -0.39 is 0 Å². The second-order valence-corrected chi connectivity index (χ2v) is 5.14. The van der Waals surface area contributed by atoms with Gasteiger partial charge in [0.25, 0.3) is 0 Å². The Morgan fingerprint density at radius 1 is 1.00 bits per heavy atom. The predicted molar refractivity (Wildman–Crippen MR) is 77.5 cm³/mol. The number of rotatable bonds is 5. The summed E-state index contributed by atoms with van der Waals surface area (Å²) in [5.74, 6) is -0.428. The molecule has 106 valence electrons. The predicted octanol–water partition coefficient (Wildman–Crippen LogP) is 4.25. The van der Waals surface area contributed by atoms with E-state index >= 15 is 0 Å². The van der Waals surface area contributed by atoms with Gasteiger partial charge in [-0.25, -0.2) is 8.78 Å². The molecule has 0 amide bonds. The zero-order valence-corrected chi connectivity index (χ0v) is 11.7. The molecule has 0 fully saturated rings. The summed E-state index contributed by atoms with van der Waals surface area (Å²) >= 11 is 0. The smallest absolute Gasteiger partial charge is 0.127 e. The van der Waals surface area contributed by atoms with Crippen molar-refractivity contribution < 1.29 is 8.78 Å². The van der Waals surface area contributed by atoms with E-state index in [0.717, 1.165) is 5.56 Å². The lowest BCUT2D eigenvalue weighted by Gasteiger charge is -2.21. The van der Waals surface area contributed by atoms with E-state index in [9.17, 15) is 8.78 Å². The molecule has 0 aliphatic rings. The molecular formula is C17H19F2N. The fourth-order valence-corrected chi connectivity index (χ4v) is 2.42. The molecular weight excluding hydrogens is 256 g/mol. The second kappa shape index (κ2) is 6.62. The van der Waals surface area contributed by atoms with Crippen LogP contribution in [0.1, 0.15) is 31.0 Å². The molecule has 2 aromatic carbocycles. The van der Waals surface area contributed by atoms with Crippen LogP contribution in [0.15, 0.2) is 48.5 Å². The van der Waals surface area contributed by atoms with Crippen LogP contribution in [0, 0.1) is 11.6 Å². The number of hydrogen-bond donors (Lipinski definition) is 1. The molecule has 2 rings (SSSR count). The van der Waals surface area contributed by atoms with Crippen molar-refractivity contribution in [1.29, 1.82) is 0 Å². The molecule has 0 saturated carbocycles. The van der Waals surface area contributed by atoms with Crippen LogP contribution in [0.2, 0.25) is 0 Å². The molecule has 1 nitrogen and oxygen atoms in total. The van der Waals surface area contributed by atoms with Gasteiger partial charge in [-0.3, -0.25) is 0 Å². The third-order valence-electron chi connectivity index (χ3n) is 3.34. The lowest BCUT2D eigenvalue weighted by molar-refractivity contribution is 0.460. The highest BCUT2D eigenvalue weighted by Crippen LogP contribution is 2.17. The first-order chi connectivity index (χ1) is 9.56. The first-order valence-corrected chi connectivity index (χ1v) is 6.81. The summed E-state index contributed by atoms with van der Waals surface area (Å²) in [4.78, 5) is 0. The number of nitrogens with one attached hydrogen (secondary N) is 1. The minimum atomic E-state index is -0.225. The monoisotopic (exact) mass is 275 g/mol. The van der Waals surface area contributed by atoms with Crippen molar-refractivity contribution in [3.8, 4) is 0 Å². The fourth-order valence-electron chi connectivity index (χ4n) is 2.42.